The van der Waals surface area contributed by atoms with Gasteiger partial charge in [-0.3, -0.25) is 4.79 Å². The number of aryl methyl sites for hydroxylation is 1. The largest absolute Gasteiger partial charge is 0.351 e. The fraction of sp³-hybridized carbons (Fsp3) is 0.455. The lowest BCUT2D eigenvalue weighted by Gasteiger charge is -2.20. The van der Waals surface area contributed by atoms with E-state index in [9.17, 15) is 4.79 Å². The van der Waals surface area contributed by atoms with E-state index in [2.05, 4.69) is 55.3 Å². The summed E-state index contributed by atoms with van der Waals surface area (Å²) in [7, 11) is 0. The third-order valence-electron chi connectivity index (χ3n) is 4.70. The van der Waals surface area contributed by atoms with Gasteiger partial charge in [-0.25, -0.2) is 4.98 Å². The van der Waals surface area contributed by atoms with E-state index in [1.54, 1.807) is 0 Å². The van der Waals surface area contributed by atoms with Gasteiger partial charge < -0.3 is 10.2 Å². The molecule has 27 heavy (non-hydrogen) atoms. The number of thiophene rings is 1. The molecule has 5 heteroatoms. The maximum atomic E-state index is 12.5. The van der Waals surface area contributed by atoms with E-state index in [0.717, 1.165) is 52.1 Å². The van der Waals surface area contributed by atoms with Gasteiger partial charge in [0.1, 0.15) is 4.83 Å². The van der Waals surface area contributed by atoms with Crippen LogP contribution in [0.2, 0.25) is 0 Å². The van der Waals surface area contributed by atoms with Crippen molar-refractivity contribution >= 4 is 38.4 Å². The van der Waals surface area contributed by atoms with Crippen LogP contribution < -0.4 is 5.32 Å². The van der Waals surface area contributed by atoms with E-state index in [0.29, 0.717) is 6.54 Å². The molecule has 0 aliphatic heterocycles. The summed E-state index contributed by atoms with van der Waals surface area (Å²) in [6.07, 6.45) is 3.34. The molecule has 0 bridgehead atoms. The molecule has 3 rings (SSSR count). The van der Waals surface area contributed by atoms with Crippen LogP contribution in [-0.2, 0) is 0 Å². The number of rotatable bonds is 9. The standard InChI is InChI=1S/C22H29N3OS/c1-4-10-25(11-5-2)12-6-9-23-21(26)20-15-18-14-17-8-7-16(3)13-19(17)24-22(18)27-20/h7-8,13-15H,4-6,9-12H2,1-3H3,(H,23,26). The topological polar surface area (TPSA) is 45.2 Å². The van der Waals surface area contributed by atoms with Crippen LogP contribution in [0.15, 0.2) is 30.3 Å². The van der Waals surface area contributed by atoms with Gasteiger partial charge in [-0.1, -0.05) is 26.0 Å². The first-order chi connectivity index (χ1) is 13.1. The predicted molar refractivity (Wildman–Crippen MR) is 116 cm³/mol. The molecule has 0 spiro atoms. The van der Waals surface area contributed by atoms with Crippen LogP contribution in [0.4, 0.5) is 0 Å². The van der Waals surface area contributed by atoms with Crippen molar-refractivity contribution in [3.8, 4) is 0 Å². The first kappa shape index (κ1) is 19.8. The number of nitrogens with zero attached hydrogens (tertiary/aromatic N) is 2. The van der Waals surface area contributed by atoms with Crippen LogP contribution in [0.1, 0.15) is 48.3 Å². The Morgan fingerprint density at radius 3 is 2.59 bits per heavy atom. The zero-order valence-corrected chi connectivity index (χ0v) is 17.4. The van der Waals surface area contributed by atoms with E-state index in [1.807, 2.05) is 6.07 Å². The number of carbonyl (C=O) groups is 1. The van der Waals surface area contributed by atoms with Gasteiger partial charge in [0.2, 0.25) is 0 Å². The number of carbonyl (C=O) groups excluding carboxylic acids is 1. The Balaban J connectivity index is 1.61. The second-order valence-electron chi connectivity index (χ2n) is 7.14. The summed E-state index contributed by atoms with van der Waals surface area (Å²) in [5, 5.41) is 5.22. The number of aromatic nitrogens is 1. The van der Waals surface area contributed by atoms with Crippen molar-refractivity contribution in [2.45, 2.75) is 40.0 Å². The molecule has 2 aromatic heterocycles. The monoisotopic (exact) mass is 383 g/mol. The third kappa shape index (κ3) is 5.05. The van der Waals surface area contributed by atoms with Gasteiger partial charge >= 0.3 is 0 Å². The molecule has 0 aliphatic carbocycles. The highest BCUT2D eigenvalue weighted by molar-refractivity contribution is 7.20. The average Bonchev–Trinajstić information content (AvgIpc) is 3.06. The number of benzene rings is 1. The second kappa shape index (κ2) is 9.29. The normalized spacial score (nSPS) is 11.6. The molecule has 0 unspecified atom stereocenters. The lowest BCUT2D eigenvalue weighted by atomic mass is 10.1. The van der Waals surface area contributed by atoms with Crippen LogP contribution in [0.5, 0.6) is 0 Å². The summed E-state index contributed by atoms with van der Waals surface area (Å²) in [5.41, 5.74) is 2.19. The quantitative estimate of drug-likeness (QED) is 0.529. The maximum absolute atomic E-state index is 12.5. The maximum Gasteiger partial charge on any atom is 0.261 e. The van der Waals surface area contributed by atoms with Crippen LogP contribution in [0.3, 0.4) is 0 Å². The molecule has 0 fully saturated rings. The van der Waals surface area contributed by atoms with Gasteiger partial charge in [-0.2, -0.15) is 0 Å². The van der Waals surface area contributed by atoms with Crippen LogP contribution in [0.25, 0.3) is 21.1 Å². The number of amides is 1. The minimum absolute atomic E-state index is 0.00997. The highest BCUT2D eigenvalue weighted by atomic mass is 32.1. The zero-order chi connectivity index (χ0) is 19.2. The molecule has 0 aliphatic rings. The number of pyridine rings is 1. The highest BCUT2D eigenvalue weighted by Crippen LogP contribution is 2.27. The summed E-state index contributed by atoms with van der Waals surface area (Å²) in [6.45, 7) is 10.5. The number of nitrogens with one attached hydrogen (secondary N) is 1. The summed E-state index contributed by atoms with van der Waals surface area (Å²) >= 11 is 1.47. The molecule has 1 amide bonds. The lowest BCUT2D eigenvalue weighted by Crippen LogP contribution is -2.30. The smallest absolute Gasteiger partial charge is 0.261 e. The number of fused-ring (bicyclic) bond motifs is 2. The van der Waals surface area contributed by atoms with Crippen molar-refractivity contribution in [2.24, 2.45) is 0 Å². The van der Waals surface area contributed by atoms with Crippen molar-refractivity contribution in [1.29, 1.82) is 0 Å². The van der Waals surface area contributed by atoms with Crippen LogP contribution >= 0.6 is 11.3 Å². The Labute approximate surface area is 165 Å². The molecular weight excluding hydrogens is 354 g/mol. The van der Waals surface area contributed by atoms with Gasteiger partial charge in [0, 0.05) is 17.3 Å². The van der Waals surface area contributed by atoms with Gasteiger partial charge in [0.25, 0.3) is 5.91 Å². The van der Waals surface area contributed by atoms with E-state index >= 15 is 0 Å². The molecule has 0 saturated carbocycles. The summed E-state index contributed by atoms with van der Waals surface area (Å²) in [6, 6.07) is 10.4. The second-order valence-corrected chi connectivity index (χ2v) is 8.17. The van der Waals surface area contributed by atoms with Crippen molar-refractivity contribution in [3.05, 3.63) is 40.8 Å². The lowest BCUT2D eigenvalue weighted by molar-refractivity contribution is 0.0955. The van der Waals surface area contributed by atoms with E-state index < -0.39 is 0 Å². The Bertz CT molecular complexity index is 912. The average molecular weight is 384 g/mol. The molecule has 144 valence electrons. The van der Waals surface area contributed by atoms with E-state index in [-0.39, 0.29) is 5.91 Å². The molecular formula is C22H29N3OS. The number of hydrogen-bond acceptors (Lipinski definition) is 4. The molecule has 2 heterocycles. The van der Waals surface area contributed by atoms with Crippen molar-refractivity contribution in [3.63, 3.8) is 0 Å². The Kier molecular flexibility index (Phi) is 6.80. The highest BCUT2D eigenvalue weighted by Gasteiger charge is 2.12. The molecule has 0 radical (unpaired) electrons. The first-order valence-corrected chi connectivity index (χ1v) is 10.7. The fourth-order valence-electron chi connectivity index (χ4n) is 3.41. The minimum atomic E-state index is 0.00997. The third-order valence-corrected chi connectivity index (χ3v) is 5.74. The molecule has 1 N–H and O–H groups in total. The minimum Gasteiger partial charge on any atom is -0.351 e. The Morgan fingerprint density at radius 2 is 1.85 bits per heavy atom. The van der Waals surface area contributed by atoms with Crippen molar-refractivity contribution < 1.29 is 4.79 Å². The van der Waals surface area contributed by atoms with Gasteiger partial charge in [-0.05, 0) is 69.6 Å². The summed E-state index contributed by atoms with van der Waals surface area (Å²) in [5.74, 6) is 0.00997. The van der Waals surface area contributed by atoms with Crippen LogP contribution in [0, 0.1) is 6.92 Å². The zero-order valence-electron chi connectivity index (χ0n) is 16.5. The Hall–Kier alpha value is -1.98. The van der Waals surface area contributed by atoms with E-state index in [4.69, 9.17) is 4.98 Å². The van der Waals surface area contributed by atoms with Crippen molar-refractivity contribution in [1.82, 2.24) is 15.2 Å². The predicted octanol–water partition coefficient (Wildman–Crippen LogP) is 5.00. The van der Waals surface area contributed by atoms with Gasteiger partial charge in [-0.15, -0.1) is 11.3 Å². The summed E-state index contributed by atoms with van der Waals surface area (Å²) < 4.78 is 0. The SMILES string of the molecule is CCCN(CCC)CCCNC(=O)c1cc2cc3ccc(C)cc3nc2s1. The Morgan fingerprint density at radius 1 is 1.07 bits per heavy atom. The van der Waals surface area contributed by atoms with Gasteiger partial charge in [0.05, 0.1) is 10.4 Å². The molecule has 3 aromatic rings. The molecule has 4 nitrogen and oxygen atoms in total. The number of hydrogen-bond donors (Lipinski definition) is 1. The first-order valence-electron chi connectivity index (χ1n) is 9.92. The van der Waals surface area contributed by atoms with Crippen LogP contribution in [-0.4, -0.2) is 42.0 Å². The molecule has 0 atom stereocenters. The molecule has 1 aromatic carbocycles. The van der Waals surface area contributed by atoms with Gasteiger partial charge in [0.15, 0.2) is 0 Å². The summed E-state index contributed by atoms with van der Waals surface area (Å²) in [4.78, 5) is 21.4. The van der Waals surface area contributed by atoms with E-state index in [1.165, 1.54) is 29.7 Å². The van der Waals surface area contributed by atoms with Crippen molar-refractivity contribution in [2.75, 3.05) is 26.2 Å². The fourth-order valence-corrected chi connectivity index (χ4v) is 4.35. The molecule has 0 saturated heterocycles.